The normalized spacial score (nSPS) is 10.1. The van der Waals surface area contributed by atoms with Crippen LogP contribution in [0.25, 0.3) is 0 Å². The highest BCUT2D eigenvalue weighted by Crippen LogP contribution is 2.13. The van der Waals surface area contributed by atoms with Crippen LogP contribution in [0, 0.1) is 6.92 Å². The Morgan fingerprint density at radius 3 is 2.54 bits per heavy atom. The minimum atomic E-state index is 0.236. The highest BCUT2D eigenvalue weighted by Gasteiger charge is 2.03. The molecule has 0 fully saturated rings. The molecular formula is C12H16O. The molecule has 13 heavy (non-hydrogen) atoms. The smallest absolute Gasteiger partial charge is 0.134 e. The Hall–Kier alpha value is -1.11. The lowest BCUT2D eigenvalue weighted by atomic mass is 9.99. The highest BCUT2D eigenvalue weighted by atomic mass is 16.1. The lowest BCUT2D eigenvalue weighted by Crippen LogP contribution is -2.00. The highest BCUT2D eigenvalue weighted by molar-refractivity contribution is 5.78. The summed E-state index contributed by atoms with van der Waals surface area (Å²) in [7, 11) is 0. The van der Waals surface area contributed by atoms with E-state index in [1.165, 1.54) is 16.7 Å². The first-order valence-electron chi connectivity index (χ1n) is 4.71. The SMILES string of the molecule is CCc1ccc(C)cc1CC(C)=O. The molecule has 0 saturated heterocycles. The Morgan fingerprint density at radius 2 is 2.00 bits per heavy atom. The molecule has 0 radical (unpaired) electrons. The molecule has 0 unspecified atom stereocenters. The van der Waals surface area contributed by atoms with E-state index in [4.69, 9.17) is 0 Å². The maximum atomic E-state index is 11.0. The lowest BCUT2D eigenvalue weighted by Gasteiger charge is -2.06. The Labute approximate surface area is 79.8 Å². The predicted molar refractivity (Wildman–Crippen MR) is 54.9 cm³/mol. The fourth-order valence-corrected chi connectivity index (χ4v) is 1.53. The van der Waals surface area contributed by atoms with Gasteiger partial charge < -0.3 is 0 Å². The van der Waals surface area contributed by atoms with Gasteiger partial charge in [-0.25, -0.2) is 0 Å². The van der Waals surface area contributed by atoms with Crippen LogP contribution in [-0.4, -0.2) is 5.78 Å². The van der Waals surface area contributed by atoms with Crippen molar-refractivity contribution in [1.29, 1.82) is 0 Å². The van der Waals surface area contributed by atoms with Crippen LogP contribution < -0.4 is 0 Å². The Kier molecular flexibility index (Phi) is 3.24. The molecule has 0 aliphatic rings. The first-order valence-corrected chi connectivity index (χ1v) is 4.71. The van der Waals surface area contributed by atoms with Gasteiger partial charge in [-0.2, -0.15) is 0 Å². The number of Topliss-reactive ketones (excluding diaryl/α,β-unsaturated/α-hetero) is 1. The maximum Gasteiger partial charge on any atom is 0.134 e. The van der Waals surface area contributed by atoms with E-state index in [0.29, 0.717) is 6.42 Å². The van der Waals surface area contributed by atoms with E-state index < -0.39 is 0 Å². The molecule has 0 aliphatic carbocycles. The zero-order valence-electron chi connectivity index (χ0n) is 8.55. The van der Waals surface area contributed by atoms with E-state index in [1.807, 2.05) is 0 Å². The summed E-state index contributed by atoms with van der Waals surface area (Å²) in [5.74, 6) is 0.236. The number of carbonyl (C=O) groups is 1. The van der Waals surface area contributed by atoms with Gasteiger partial charge in [0.2, 0.25) is 0 Å². The topological polar surface area (TPSA) is 17.1 Å². The number of ketones is 1. The van der Waals surface area contributed by atoms with Crippen LogP contribution in [0.15, 0.2) is 18.2 Å². The zero-order valence-corrected chi connectivity index (χ0v) is 8.55. The van der Waals surface area contributed by atoms with Gasteiger partial charge in [0.15, 0.2) is 0 Å². The molecule has 1 heteroatoms. The molecule has 1 nitrogen and oxygen atoms in total. The van der Waals surface area contributed by atoms with Gasteiger partial charge in [-0.15, -0.1) is 0 Å². The van der Waals surface area contributed by atoms with E-state index in [-0.39, 0.29) is 5.78 Å². The van der Waals surface area contributed by atoms with Crippen LogP contribution in [0.1, 0.15) is 30.5 Å². The molecule has 0 saturated carbocycles. The molecule has 1 rings (SSSR count). The summed E-state index contributed by atoms with van der Waals surface area (Å²) in [4.78, 5) is 11.0. The van der Waals surface area contributed by atoms with Crippen molar-refractivity contribution in [3.8, 4) is 0 Å². The predicted octanol–water partition coefficient (Wildman–Crippen LogP) is 2.69. The van der Waals surface area contributed by atoms with Crippen LogP contribution in [0.2, 0.25) is 0 Å². The average molecular weight is 176 g/mol. The number of hydrogen-bond donors (Lipinski definition) is 0. The molecule has 0 aromatic heterocycles. The van der Waals surface area contributed by atoms with Gasteiger partial charge in [0, 0.05) is 6.42 Å². The van der Waals surface area contributed by atoms with Crippen molar-refractivity contribution in [3.05, 3.63) is 34.9 Å². The van der Waals surface area contributed by atoms with Crippen molar-refractivity contribution >= 4 is 5.78 Å². The summed E-state index contributed by atoms with van der Waals surface area (Å²) in [6.07, 6.45) is 1.58. The van der Waals surface area contributed by atoms with Crippen molar-refractivity contribution in [2.24, 2.45) is 0 Å². The summed E-state index contributed by atoms with van der Waals surface area (Å²) >= 11 is 0. The van der Waals surface area contributed by atoms with Crippen molar-refractivity contribution < 1.29 is 4.79 Å². The Morgan fingerprint density at radius 1 is 1.31 bits per heavy atom. The molecule has 0 atom stereocenters. The Balaban J connectivity index is 3.01. The third-order valence-electron chi connectivity index (χ3n) is 2.18. The van der Waals surface area contributed by atoms with Crippen molar-refractivity contribution in [3.63, 3.8) is 0 Å². The Bertz CT molecular complexity index is 313. The van der Waals surface area contributed by atoms with Gasteiger partial charge in [0.25, 0.3) is 0 Å². The fourth-order valence-electron chi connectivity index (χ4n) is 1.53. The second-order valence-corrected chi connectivity index (χ2v) is 3.50. The molecule has 70 valence electrons. The van der Waals surface area contributed by atoms with Gasteiger partial charge in [0.1, 0.15) is 5.78 Å². The van der Waals surface area contributed by atoms with Crippen molar-refractivity contribution in [2.45, 2.75) is 33.6 Å². The molecule has 0 aliphatic heterocycles. The van der Waals surface area contributed by atoms with Crippen LogP contribution in [-0.2, 0) is 17.6 Å². The minimum absolute atomic E-state index is 0.236. The third kappa shape index (κ3) is 2.69. The molecule has 0 heterocycles. The number of benzene rings is 1. The average Bonchev–Trinajstić information content (AvgIpc) is 2.03. The van der Waals surface area contributed by atoms with E-state index in [9.17, 15) is 4.79 Å². The van der Waals surface area contributed by atoms with Crippen LogP contribution in [0.4, 0.5) is 0 Å². The number of aryl methyl sites for hydroxylation is 2. The van der Waals surface area contributed by atoms with E-state index in [0.717, 1.165) is 6.42 Å². The second kappa shape index (κ2) is 4.22. The quantitative estimate of drug-likeness (QED) is 0.692. The van der Waals surface area contributed by atoms with E-state index in [2.05, 4.69) is 32.0 Å². The van der Waals surface area contributed by atoms with Crippen LogP contribution in [0.3, 0.4) is 0 Å². The van der Waals surface area contributed by atoms with Crippen LogP contribution in [0.5, 0.6) is 0 Å². The monoisotopic (exact) mass is 176 g/mol. The van der Waals surface area contributed by atoms with Gasteiger partial charge >= 0.3 is 0 Å². The van der Waals surface area contributed by atoms with Gasteiger partial charge in [0.05, 0.1) is 0 Å². The summed E-state index contributed by atoms with van der Waals surface area (Å²) in [5.41, 5.74) is 3.71. The largest absolute Gasteiger partial charge is 0.300 e. The van der Waals surface area contributed by atoms with E-state index >= 15 is 0 Å². The van der Waals surface area contributed by atoms with E-state index in [1.54, 1.807) is 6.92 Å². The summed E-state index contributed by atoms with van der Waals surface area (Å²) in [6.45, 7) is 5.82. The summed E-state index contributed by atoms with van der Waals surface area (Å²) in [6, 6.07) is 6.33. The first kappa shape index (κ1) is 9.97. The number of carbonyl (C=O) groups excluding carboxylic acids is 1. The van der Waals surface area contributed by atoms with Gasteiger partial charge in [-0.05, 0) is 31.4 Å². The first-order chi connectivity index (χ1) is 6.13. The maximum absolute atomic E-state index is 11.0. The molecule has 0 N–H and O–H groups in total. The molecule has 0 amide bonds. The molecule has 0 spiro atoms. The number of rotatable bonds is 3. The zero-order chi connectivity index (χ0) is 9.84. The third-order valence-corrected chi connectivity index (χ3v) is 2.18. The minimum Gasteiger partial charge on any atom is -0.300 e. The van der Waals surface area contributed by atoms with Crippen molar-refractivity contribution in [1.82, 2.24) is 0 Å². The lowest BCUT2D eigenvalue weighted by molar-refractivity contribution is -0.116. The second-order valence-electron chi connectivity index (χ2n) is 3.50. The summed E-state index contributed by atoms with van der Waals surface area (Å²) in [5, 5.41) is 0. The molecule has 0 bridgehead atoms. The number of hydrogen-bond acceptors (Lipinski definition) is 1. The molecule has 1 aromatic carbocycles. The fraction of sp³-hybridized carbons (Fsp3) is 0.417. The van der Waals surface area contributed by atoms with Gasteiger partial charge in [-0.3, -0.25) is 4.79 Å². The standard InChI is InChI=1S/C12H16O/c1-4-11-6-5-9(2)7-12(11)8-10(3)13/h5-7H,4,8H2,1-3H3. The molecule has 1 aromatic rings. The molecular weight excluding hydrogens is 160 g/mol. The summed E-state index contributed by atoms with van der Waals surface area (Å²) < 4.78 is 0. The van der Waals surface area contributed by atoms with Gasteiger partial charge in [-0.1, -0.05) is 30.7 Å². The van der Waals surface area contributed by atoms with Crippen molar-refractivity contribution in [2.75, 3.05) is 0 Å². The van der Waals surface area contributed by atoms with Crippen LogP contribution >= 0.6 is 0 Å².